The summed E-state index contributed by atoms with van der Waals surface area (Å²) in [5.41, 5.74) is 0.985. The summed E-state index contributed by atoms with van der Waals surface area (Å²) in [6.07, 6.45) is 1.89. The zero-order valence-electron chi connectivity index (χ0n) is 16.4. The van der Waals surface area contributed by atoms with Crippen LogP contribution >= 0.6 is 11.6 Å². The van der Waals surface area contributed by atoms with E-state index in [2.05, 4.69) is 10.4 Å². The monoisotopic (exact) mass is 410 g/mol. The zero-order valence-corrected chi connectivity index (χ0v) is 17.2. The molecule has 1 aliphatic rings. The second-order valence-corrected chi connectivity index (χ2v) is 8.35. The molecule has 1 aliphatic carbocycles. The summed E-state index contributed by atoms with van der Waals surface area (Å²) in [5.74, 6) is 0.313. The SMILES string of the molecule is CC(C)(NC(=O)Cn1nc(-c2ccc(Cl)cc2)n(C2CC2)c1=O)c1ccccc1. The van der Waals surface area contributed by atoms with Gasteiger partial charge in [0.1, 0.15) is 6.54 Å². The molecule has 1 aromatic heterocycles. The Morgan fingerprint density at radius 3 is 2.41 bits per heavy atom. The number of aromatic nitrogens is 3. The van der Waals surface area contributed by atoms with Gasteiger partial charge in [0.15, 0.2) is 5.82 Å². The Bertz CT molecular complexity index is 1080. The predicted molar refractivity (Wildman–Crippen MR) is 113 cm³/mol. The molecule has 0 saturated heterocycles. The van der Waals surface area contributed by atoms with Gasteiger partial charge in [0.05, 0.1) is 5.54 Å². The van der Waals surface area contributed by atoms with Crippen molar-refractivity contribution in [2.24, 2.45) is 0 Å². The van der Waals surface area contributed by atoms with Crippen LogP contribution in [0.1, 0.15) is 38.3 Å². The smallest absolute Gasteiger partial charge is 0.346 e. The van der Waals surface area contributed by atoms with Gasteiger partial charge >= 0.3 is 5.69 Å². The standard InChI is InChI=1S/C22H23ClN4O2/c1-22(2,16-6-4-3-5-7-16)24-19(28)14-26-21(29)27(18-12-13-18)20(25-26)15-8-10-17(23)11-9-15/h3-11,18H,12-14H2,1-2H3,(H,24,28). The van der Waals surface area contributed by atoms with Crippen molar-refractivity contribution in [2.45, 2.75) is 44.8 Å². The van der Waals surface area contributed by atoms with Crippen LogP contribution < -0.4 is 11.0 Å². The first kappa shape index (κ1) is 19.5. The first-order valence-electron chi connectivity index (χ1n) is 9.67. The van der Waals surface area contributed by atoms with Crippen molar-refractivity contribution < 1.29 is 4.79 Å². The molecule has 29 heavy (non-hydrogen) atoms. The fraction of sp³-hybridized carbons (Fsp3) is 0.318. The highest BCUT2D eigenvalue weighted by Crippen LogP contribution is 2.36. The van der Waals surface area contributed by atoms with Crippen LogP contribution in [0, 0.1) is 0 Å². The van der Waals surface area contributed by atoms with Gasteiger partial charge in [-0.3, -0.25) is 9.36 Å². The largest absolute Gasteiger partial charge is 0.346 e. The summed E-state index contributed by atoms with van der Waals surface area (Å²) >= 11 is 5.98. The van der Waals surface area contributed by atoms with Crippen LogP contribution in [0.2, 0.25) is 5.02 Å². The lowest BCUT2D eigenvalue weighted by molar-refractivity contribution is -0.123. The fourth-order valence-electron chi connectivity index (χ4n) is 3.43. The van der Waals surface area contributed by atoms with E-state index in [4.69, 9.17) is 11.6 Å². The van der Waals surface area contributed by atoms with E-state index < -0.39 is 5.54 Å². The lowest BCUT2D eigenvalue weighted by atomic mass is 9.94. The summed E-state index contributed by atoms with van der Waals surface area (Å²) in [7, 11) is 0. The average Bonchev–Trinajstić information content (AvgIpc) is 3.48. The molecule has 0 aliphatic heterocycles. The number of carbonyl (C=O) groups is 1. The van der Waals surface area contributed by atoms with Crippen molar-refractivity contribution in [2.75, 3.05) is 0 Å². The van der Waals surface area contributed by atoms with Crippen LogP contribution in [0.5, 0.6) is 0 Å². The molecule has 1 amide bonds. The van der Waals surface area contributed by atoms with Crippen molar-refractivity contribution >= 4 is 17.5 Å². The molecular weight excluding hydrogens is 388 g/mol. The Labute approximate surface area is 174 Å². The van der Waals surface area contributed by atoms with Crippen molar-refractivity contribution in [1.29, 1.82) is 0 Å². The molecule has 0 radical (unpaired) electrons. The van der Waals surface area contributed by atoms with E-state index in [0.717, 1.165) is 24.0 Å². The molecule has 0 bridgehead atoms. The van der Waals surface area contributed by atoms with E-state index in [0.29, 0.717) is 10.8 Å². The van der Waals surface area contributed by atoms with Crippen LogP contribution in [0.3, 0.4) is 0 Å². The minimum atomic E-state index is -0.556. The number of hydrogen-bond acceptors (Lipinski definition) is 3. The van der Waals surface area contributed by atoms with Gasteiger partial charge < -0.3 is 5.32 Å². The summed E-state index contributed by atoms with van der Waals surface area (Å²) < 4.78 is 2.94. The minimum Gasteiger partial charge on any atom is -0.346 e. The maximum atomic E-state index is 12.9. The van der Waals surface area contributed by atoms with Gasteiger partial charge in [-0.2, -0.15) is 0 Å². The summed E-state index contributed by atoms with van der Waals surface area (Å²) in [6, 6.07) is 17.1. The van der Waals surface area contributed by atoms with E-state index >= 15 is 0 Å². The van der Waals surface area contributed by atoms with Gasteiger partial charge in [-0.1, -0.05) is 41.9 Å². The Kier molecular flexibility index (Phi) is 5.04. The number of benzene rings is 2. The number of amides is 1. The normalized spacial score (nSPS) is 14.0. The van der Waals surface area contributed by atoms with Gasteiger partial charge in [0, 0.05) is 16.6 Å². The third-order valence-corrected chi connectivity index (χ3v) is 5.38. The lowest BCUT2D eigenvalue weighted by Crippen LogP contribution is -2.43. The molecule has 6 nitrogen and oxygen atoms in total. The highest BCUT2D eigenvalue weighted by molar-refractivity contribution is 6.30. The third kappa shape index (κ3) is 4.12. The molecule has 4 rings (SSSR count). The third-order valence-electron chi connectivity index (χ3n) is 5.13. The van der Waals surface area contributed by atoms with E-state index in [1.165, 1.54) is 4.68 Å². The Morgan fingerprint density at radius 1 is 1.14 bits per heavy atom. The first-order chi connectivity index (χ1) is 13.8. The van der Waals surface area contributed by atoms with E-state index in [1.54, 1.807) is 16.7 Å². The van der Waals surface area contributed by atoms with Crippen molar-refractivity contribution in [1.82, 2.24) is 19.7 Å². The molecule has 1 heterocycles. The molecule has 7 heteroatoms. The molecular formula is C22H23ClN4O2. The second-order valence-electron chi connectivity index (χ2n) is 7.91. The molecule has 1 saturated carbocycles. The Balaban J connectivity index is 1.59. The van der Waals surface area contributed by atoms with Gasteiger partial charge in [-0.15, -0.1) is 5.10 Å². The molecule has 150 valence electrons. The topological polar surface area (TPSA) is 68.9 Å². The first-order valence-corrected chi connectivity index (χ1v) is 10.0. The molecule has 1 fully saturated rings. The van der Waals surface area contributed by atoms with Gasteiger partial charge in [0.2, 0.25) is 5.91 Å². The van der Waals surface area contributed by atoms with Crippen LogP contribution in [0.15, 0.2) is 59.4 Å². The number of nitrogens with zero attached hydrogens (tertiary/aromatic N) is 3. The van der Waals surface area contributed by atoms with Crippen molar-refractivity contribution in [3.63, 3.8) is 0 Å². The lowest BCUT2D eigenvalue weighted by Gasteiger charge is -2.26. The quantitative estimate of drug-likeness (QED) is 0.672. The number of rotatable bonds is 6. The molecule has 1 N–H and O–H groups in total. The van der Waals surface area contributed by atoms with Crippen molar-refractivity contribution in [3.8, 4) is 11.4 Å². The average molecular weight is 411 g/mol. The van der Waals surface area contributed by atoms with Gasteiger partial charge in [-0.05, 0) is 56.5 Å². The predicted octanol–water partition coefficient (Wildman–Crippen LogP) is 3.75. The highest BCUT2D eigenvalue weighted by atomic mass is 35.5. The number of hydrogen-bond donors (Lipinski definition) is 1. The zero-order chi connectivity index (χ0) is 20.6. The second kappa shape index (κ2) is 7.52. The van der Waals surface area contributed by atoms with Gasteiger partial charge in [0.25, 0.3) is 0 Å². The van der Waals surface area contributed by atoms with E-state index in [1.807, 2.05) is 56.3 Å². The maximum Gasteiger partial charge on any atom is 0.346 e. The summed E-state index contributed by atoms with van der Waals surface area (Å²) in [5, 5.41) is 8.10. The summed E-state index contributed by atoms with van der Waals surface area (Å²) in [6.45, 7) is 3.74. The number of nitrogens with one attached hydrogen (secondary N) is 1. The summed E-state index contributed by atoms with van der Waals surface area (Å²) in [4.78, 5) is 25.6. The van der Waals surface area contributed by atoms with Crippen LogP contribution in [-0.2, 0) is 16.9 Å². The van der Waals surface area contributed by atoms with Crippen LogP contribution in [0.25, 0.3) is 11.4 Å². The molecule has 0 atom stereocenters. The Morgan fingerprint density at radius 2 is 1.79 bits per heavy atom. The molecule has 2 aromatic carbocycles. The minimum absolute atomic E-state index is 0.130. The molecule has 3 aromatic rings. The van der Waals surface area contributed by atoms with Gasteiger partial charge in [-0.25, -0.2) is 9.48 Å². The van der Waals surface area contributed by atoms with E-state index in [-0.39, 0.29) is 24.2 Å². The molecule has 0 unspecified atom stereocenters. The Hall–Kier alpha value is -2.86. The number of halogens is 1. The highest BCUT2D eigenvalue weighted by Gasteiger charge is 2.31. The van der Waals surface area contributed by atoms with Crippen molar-refractivity contribution in [3.05, 3.63) is 75.7 Å². The van der Waals surface area contributed by atoms with E-state index in [9.17, 15) is 9.59 Å². The van der Waals surface area contributed by atoms with Crippen LogP contribution in [0.4, 0.5) is 0 Å². The van der Waals surface area contributed by atoms with Crippen LogP contribution in [-0.4, -0.2) is 20.3 Å². The fourth-order valence-corrected chi connectivity index (χ4v) is 3.56. The maximum absolute atomic E-state index is 12.9. The number of carbonyl (C=O) groups excluding carboxylic acids is 1. The molecule has 0 spiro atoms.